The summed E-state index contributed by atoms with van der Waals surface area (Å²) in [6.07, 6.45) is 3.63. The van der Waals surface area contributed by atoms with E-state index in [9.17, 15) is 9.59 Å². The molecule has 1 aromatic carbocycles. The number of allylic oxidation sites excluding steroid dienone is 1. The maximum Gasteiger partial charge on any atom is 0.220 e. The molecule has 0 aromatic heterocycles. The summed E-state index contributed by atoms with van der Waals surface area (Å²) in [4.78, 5) is 25.0. The van der Waals surface area contributed by atoms with Crippen molar-refractivity contribution in [3.8, 4) is 11.8 Å². The Bertz CT molecular complexity index is 795. The number of carbonyl (C=O) groups is 2. The Hall–Kier alpha value is -2.34. The second kappa shape index (κ2) is 9.55. The molecule has 0 saturated heterocycles. The summed E-state index contributed by atoms with van der Waals surface area (Å²) in [5, 5.41) is 2.95. The lowest BCUT2D eigenvalue weighted by atomic mass is 9.83. The van der Waals surface area contributed by atoms with Crippen molar-refractivity contribution in [2.45, 2.75) is 65.7 Å². The molecule has 3 heteroatoms. The number of hydrogen-bond donors (Lipinski definition) is 1. The Morgan fingerprint density at radius 3 is 2.70 bits per heavy atom. The molecule has 3 nitrogen and oxygen atoms in total. The normalized spacial score (nSPS) is 19.0. The molecular formula is C24H31NO2. The van der Waals surface area contributed by atoms with Gasteiger partial charge in [-0.1, -0.05) is 38.3 Å². The quantitative estimate of drug-likeness (QED) is 0.440. The zero-order valence-corrected chi connectivity index (χ0v) is 17.1. The van der Waals surface area contributed by atoms with E-state index < -0.39 is 0 Å². The Kier molecular flexibility index (Phi) is 7.42. The number of amides is 1. The molecule has 0 aliphatic heterocycles. The van der Waals surface area contributed by atoms with Crippen molar-refractivity contribution in [3.63, 3.8) is 0 Å². The highest BCUT2D eigenvalue weighted by molar-refractivity contribution is 5.94. The SMILES string of the molecule is C=C1C(CC(=O)NCCCC)CC(=O)C1c1c(C)cc(C#CC)cc1CC. The molecule has 27 heavy (non-hydrogen) atoms. The van der Waals surface area contributed by atoms with E-state index in [1.165, 1.54) is 0 Å². The third-order valence-corrected chi connectivity index (χ3v) is 5.36. The van der Waals surface area contributed by atoms with E-state index in [-0.39, 0.29) is 23.5 Å². The predicted molar refractivity (Wildman–Crippen MR) is 111 cm³/mol. The van der Waals surface area contributed by atoms with Gasteiger partial charge < -0.3 is 5.32 Å². The van der Waals surface area contributed by atoms with Crippen LogP contribution in [0, 0.1) is 24.7 Å². The van der Waals surface area contributed by atoms with Gasteiger partial charge in [0.1, 0.15) is 5.78 Å². The molecule has 0 heterocycles. The molecular weight excluding hydrogens is 334 g/mol. The molecule has 144 valence electrons. The first-order chi connectivity index (χ1) is 12.9. The van der Waals surface area contributed by atoms with Crippen LogP contribution < -0.4 is 5.32 Å². The van der Waals surface area contributed by atoms with Gasteiger partial charge in [-0.05, 0) is 61.4 Å². The van der Waals surface area contributed by atoms with E-state index in [0.29, 0.717) is 19.4 Å². The standard InChI is InChI=1S/C24H31NO2/c1-6-9-11-25-22(27)15-20-14-21(26)24(17(20)5)23-16(4)12-18(10-7-2)13-19(23)8-3/h12-13,20,24H,5-6,8-9,11,14-15H2,1-4H3,(H,25,27). The van der Waals surface area contributed by atoms with E-state index in [2.05, 4.69) is 49.7 Å². The number of ketones is 1. The zero-order valence-electron chi connectivity index (χ0n) is 17.1. The smallest absolute Gasteiger partial charge is 0.220 e. The topological polar surface area (TPSA) is 46.2 Å². The number of nitrogens with one attached hydrogen (secondary N) is 1. The van der Waals surface area contributed by atoms with E-state index in [0.717, 1.165) is 47.1 Å². The van der Waals surface area contributed by atoms with Crippen LogP contribution in [0.4, 0.5) is 0 Å². The third kappa shape index (κ3) is 4.89. The first kappa shape index (κ1) is 21.0. The second-order valence-corrected chi connectivity index (χ2v) is 7.38. The van der Waals surface area contributed by atoms with E-state index in [1.807, 2.05) is 13.8 Å². The number of benzene rings is 1. The Morgan fingerprint density at radius 1 is 1.33 bits per heavy atom. The third-order valence-electron chi connectivity index (χ3n) is 5.36. The Morgan fingerprint density at radius 2 is 2.07 bits per heavy atom. The molecule has 1 aliphatic carbocycles. The number of rotatable bonds is 7. The van der Waals surface area contributed by atoms with Crippen molar-refractivity contribution in [1.82, 2.24) is 5.32 Å². The maximum absolute atomic E-state index is 12.8. The van der Waals surface area contributed by atoms with Gasteiger partial charge in [0.2, 0.25) is 5.91 Å². The van der Waals surface area contributed by atoms with Crippen LogP contribution in [0.25, 0.3) is 0 Å². The highest BCUT2D eigenvalue weighted by Crippen LogP contribution is 2.43. The molecule has 1 fully saturated rings. The average molecular weight is 366 g/mol. The highest BCUT2D eigenvalue weighted by Gasteiger charge is 2.39. The molecule has 2 rings (SSSR count). The molecule has 1 N–H and O–H groups in total. The molecule has 1 saturated carbocycles. The lowest BCUT2D eigenvalue weighted by Gasteiger charge is -2.20. The van der Waals surface area contributed by atoms with Crippen molar-refractivity contribution in [1.29, 1.82) is 0 Å². The van der Waals surface area contributed by atoms with Crippen LogP contribution in [0.15, 0.2) is 24.3 Å². The largest absolute Gasteiger partial charge is 0.356 e. The van der Waals surface area contributed by atoms with Crippen LogP contribution in [-0.2, 0) is 16.0 Å². The minimum atomic E-state index is -0.294. The lowest BCUT2D eigenvalue weighted by molar-refractivity contribution is -0.121. The van der Waals surface area contributed by atoms with Crippen LogP contribution in [0.3, 0.4) is 0 Å². The minimum Gasteiger partial charge on any atom is -0.356 e. The second-order valence-electron chi connectivity index (χ2n) is 7.38. The molecule has 2 unspecified atom stereocenters. The molecule has 1 amide bonds. The molecule has 2 atom stereocenters. The first-order valence-corrected chi connectivity index (χ1v) is 9.97. The summed E-state index contributed by atoms with van der Waals surface area (Å²) in [5.74, 6) is 5.89. The van der Waals surface area contributed by atoms with Crippen LogP contribution >= 0.6 is 0 Å². The summed E-state index contributed by atoms with van der Waals surface area (Å²) in [6.45, 7) is 13.0. The Labute approximate surface area is 163 Å². The zero-order chi connectivity index (χ0) is 20.0. The molecule has 1 aromatic rings. The van der Waals surface area contributed by atoms with Gasteiger partial charge in [-0.25, -0.2) is 0 Å². The van der Waals surface area contributed by atoms with Crippen LogP contribution in [0.2, 0.25) is 0 Å². The summed E-state index contributed by atoms with van der Waals surface area (Å²) >= 11 is 0. The monoisotopic (exact) mass is 365 g/mol. The average Bonchev–Trinajstić information content (AvgIpc) is 2.89. The van der Waals surface area contributed by atoms with Gasteiger partial charge >= 0.3 is 0 Å². The molecule has 0 bridgehead atoms. The van der Waals surface area contributed by atoms with Crippen molar-refractivity contribution >= 4 is 11.7 Å². The van der Waals surface area contributed by atoms with E-state index in [4.69, 9.17) is 0 Å². The number of Topliss-reactive ketones (excluding diaryl/α,β-unsaturated/α-hetero) is 1. The fourth-order valence-corrected chi connectivity index (χ4v) is 3.98. The summed E-state index contributed by atoms with van der Waals surface area (Å²) in [6, 6.07) is 4.14. The van der Waals surface area contributed by atoms with Gasteiger partial charge in [-0.3, -0.25) is 9.59 Å². The van der Waals surface area contributed by atoms with Gasteiger partial charge in [-0.15, -0.1) is 5.92 Å². The lowest BCUT2D eigenvalue weighted by Crippen LogP contribution is -2.26. The van der Waals surface area contributed by atoms with Crippen molar-refractivity contribution in [2.24, 2.45) is 5.92 Å². The fraction of sp³-hybridized carbons (Fsp3) is 0.500. The molecule has 0 radical (unpaired) electrons. The van der Waals surface area contributed by atoms with Gasteiger partial charge in [0.25, 0.3) is 0 Å². The van der Waals surface area contributed by atoms with Gasteiger partial charge in [0, 0.05) is 24.9 Å². The minimum absolute atomic E-state index is 0.0176. The summed E-state index contributed by atoms with van der Waals surface area (Å²) < 4.78 is 0. The fourth-order valence-electron chi connectivity index (χ4n) is 3.98. The van der Waals surface area contributed by atoms with Crippen LogP contribution in [-0.4, -0.2) is 18.2 Å². The van der Waals surface area contributed by atoms with Crippen LogP contribution in [0.5, 0.6) is 0 Å². The number of aryl methyl sites for hydroxylation is 2. The highest BCUT2D eigenvalue weighted by atomic mass is 16.1. The number of hydrogen-bond acceptors (Lipinski definition) is 2. The summed E-state index contributed by atoms with van der Waals surface area (Å²) in [5.41, 5.74) is 5.18. The van der Waals surface area contributed by atoms with Crippen molar-refractivity contribution < 1.29 is 9.59 Å². The van der Waals surface area contributed by atoms with Gasteiger partial charge in [0.05, 0.1) is 5.92 Å². The summed E-state index contributed by atoms with van der Waals surface area (Å²) in [7, 11) is 0. The van der Waals surface area contributed by atoms with Crippen LogP contribution in [0.1, 0.15) is 74.6 Å². The number of unbranched alkanes of at least 4 members (excludes halogenated alkanes) is 1. The number of carbonyl (C=O) groups excluding carboxylic acids is 2. The molecule has 0 spiro atoms. The van der Waals surface area contributed by atoms with E-state index in [1.54, 1.807) is 0 Å². The molecule has 1 aliphatic rings. The van der Waals surface area contributed by atoms with Gasteiger partial charge in [0.15, 0.2) is 0 Å². The Balaban J connectivity index is 2.24. The van der Waals surface area contributed by atoms with Gasteiger partial charge in [-0.2, -0.15) is 0 Å². The van der Waals surface area contributed by atoms with E-state index >= 15 is 0 Å². The van der Waals surface area contributed by atoms with Crippen molar-refractivity contribution in [2.75, 3.05) is 6.54 Å². The first-order valence-electron chi connectivity index (χ1n) is 9.97. The van der Waals surface area contributed by atoms with Crippen molar-refractivity contribution in [3.05, 3.63) is 46.5 Å². The predicted octanol–water partition coefficient (Wildman–Crippen LogP) is 4.46. The maximum atomic E-state index is 12.8.